The molecule has 11 nitrogen and oxygen atoms in total. The monoisotopic (exact) mass is 512 g/mol. The number of hydrazone groups is 1. The SMILES string of the molecule is NN=Cc1ccc(N2CCC(CC(=O)NC(Cc3ccoc3)C(=O)O)C2=O)cc1.O=C(O)C(F)(F)F. The van der Waals surface area contributed by atoms with Crippen LogP contribution in [0.2, 0.25) is 0 Å². The van der Waals surface area contributed by atoms with Crippen LogP contribution in [0.25, 0.3) is 0 Å². The lowest BCUT2D eigenvalue weighted by atomic mass is 10.0. The van der Waals surface area contributed by atoms with Crippen LogP contribution in [0.4, 0.5) is 18.9 Å². The van der Waals surface area contributed by atoms with Gasteiger partial charge < -0.3 is 30.7 Å². The highest BCUT2D eigenvalue weighted by molar-refractivity contribution is 5.99. The zero-order valence-corrected chi connectivity index (χ0v) is 18.6. The number of carboxylic acid groups (broad SMARTS) is 2. The molecule has 3 rings (SSSR count). The minimum absolute atomic E-state index is 0.0532. The fraction of sp³-hybridized carbons (Fsp3) is 0.318. The number of halogens is 3. The number of nitrogens with two attached hydrogens (primary N) is 1. The zero-order valence-electron chi connectivity index (χ0n) is 18.6. The average Bonchev–Trinajstić information content (AvgIpc) is 3.44. The maximum absolute atomic E-state index is 12.7. The second-order valence-electron chi connectivity index (χ2n) is 7.65. The number of hydrogen-bond acceptors (Lipinski definition) is 7. The number of alkyl halides is 3. The largest absolute Gasteiger partial charge is 0.490 e. The van der Waals surface area contributed by atoms with E-state index in [1.165, 1.54) is 18.7 Å². The molecule has 0 bridgehead atoms. The van der Waals surface area contributed by atoms with E-state index in [2.05, 4.69) is 10.4 Å². The van der Waals surface area contributed by atoms with E-state index in [0.29, 0.717) is 18.5 Å². The summed E-state index contributed by atoms with van der Waals surface area (Å²) in [5.41, 5.74) is 2.22. The van der Waals surface area contributed by atoms with Crippen molar-refractivity contribution in [3.63, 3.8) is 0 Å². The van der Waals surface area contributed by atoms with Crippen molar-refractivity contribution in [1.29, 1.82) is 0 Å². The molecule has 36 heavy (non-hydrogen) atoms. The Balaban J connectivity index is 0.000000572. The van der Waals surface area contributed by atoms with Crippen molar-refractivity contribution in [3.8, 4) is 0 Å². The summed E-state index contributed by atoms with van der Waals surface area (Å²) in [7, 11) is 0. The number of furan rings is 1. The Morgan fingerprint density at radius 2 is 1.86 bits per heavy atom. The molecule has 1 aliphatic heterocycles. The zero-order chi connectivity index (χ0) is 26.9. The first kappa shape index (κ1) is 27.9. The number of nitrogens with zero attached hydrogens (tertiary/aromatic N) is 2. The summed E-state index contributed by atoms with van der Waals surface area (Å²) in [4.78, 5) is 47.0. The molecule has 2 unspecified atom stereocenters. The third-order valence-corrected chi connectivity index (χ3v) is 5.07. The molecule has 2 aromatic rings. The van der Waals surface area contributed by atoms with Gasteiger partial charge in [-0.2, -0.15) is 18.3 Å². The number of amides is 2. The molecule has 1 aromatic heterocycles. The fourth-order valence-electron chi connectivity index (χ4n) is 3.33. The molecule has 194 valence electrons. The summed E-state index contributed by atoms with van der Waals surface area (Å²) in [6, 6.07) is 7.75. The highest BCUT2D eigenvalue weighted by Gasteiger charge is 2.38. The first-order chi connectivity index (χ1) is 16.9. The second kappa shape index (κ2) is 12.4. The van der Waals surface area contributed by atoms with Gasteiger partial charge in [0.1, 0.15) is 6.04 Å². The number of rotatable bonds is 8. The van der Waals surface area contributed by atoms with Crippen LogP contribution in [0.3, 0.4) is 0 Å². The van der Waals surface area contributed by atoms with E-state index >= 15 is 0 Å². The highest BCUT2D eigenvalue weighted by atomic mass is 19.4. The van der Waals surface area contributed by atoms with Crippen molar-refractivity contribution in [2.75, 3.05) is 11.4 Å². The lowest BCUT2D eigenvalue weighted by molar-refractivity contribution is -0.192. The Hall–Kier alpha value is -4.36. The predicted molar refractivity (Wildman–Crippen MR) is 119 cm³/mol. The first-order valence-electron chi connectivity index (χ1n) is 10.4. The van der Waals surface area contributed by atoms with E-state index in [0.717, 1.165) is 11.3 Å². The molecular weight excluding hydrogens is 489 g/mol. The van der Waals surface area contributed by atoms with Crippen molar-refractivity contribution in [3.05, 3.63) is 54.0 Å². The predicted octanol–water partition coefficient (Wildman–Crippen LogP) is 1.76. The van der Waals surface area contributed by atoms with Crippen molar-refractivity contribution in [1.82, 2.24) is 5.32 Å². The normalized spacial score (nSPS) is 16.4. The Labute approximate surface area is 202 Å². The number of aliphatic carboxylic acids is 2. The number of carbonyl (C=O) groups is 4. The van der Waals surface area contributed by atoms with Gasteiger partial charge in [0.05, 0.1) is 18.7 Å². The number of carboxylic acids is 2. The van der Waals surface area contributed by atoms with Gasteiger partial charge in [0, 0.05) is 31.0 Å². The Morgan fingerprint density at radius 1 is 1.22 bits per heavy atom. The van der Waals surface area contributed by atoms with Gasteiger partial charge >= 0.3 is 18.1 Å². The van der Waals surface area contributed by atoms with Gasteiger partial charge in [-0.15, -0.1) is 0 Å². The van der Waals surface area contributed by atoms with Gasteiger partial charge in [0.2, 0.25) is 11.8 Å². The Bertz CT molecular complexity index is 1090. The molecule has 1 aliphatic rings. The van der Waals surface area contributed by atoms with Crippen LogP contribution in [-0.4, -0.2) is 58.9 Å². The smallest absolute Gasteiger partial charge is 0.480 e. The number of benzene rings is 1. The van der Waals surface area contributed by atoms with Gasteiger partial charge in [-0.25, -0.2) is 9.59 Å². The number of nitrogens with one attached hydrogen (secondary N) is 1. The topological polar surface area (TPSA) is 176 Å². The molecule has 0 aliphatic carbocycles. The molecule has 2 atom stereocenters. The van der Waals surface area contributed by atoms with E-state index in [1.54, 1.807) is 35.2 Å². The third kappa shape index (κ3) is 8.14. The second-order valence-corrected chi connectivity index (χ2v) is 7.65. The van der Waals surface area contributed by atoms with Crippen LogP contribution in [0, 0.1) is 5.92 Å². The average molecular weight is 512 g/mol. The van der Waals surface area contributed by atoms with E-state index in [4.69, 9.17) is 20.2 Å². The van der Waals surface area contributed by atoms with Crippen molar-refractivity contribution in [2.45, 2.75) is 31.5 Å². The van der Waals surface area contributed by atoms with Gasteiger partial charge in [-0.05, 0) is 35.7 Å². The first-order valence-corrected chi connectivity index (χ1v) is 10.4. The van der Waals surface area contributed by atoms with Gasteiger partial charge in [-0.1, -0.05) is 12.1 Å². The minimum atomic E-state index is -5.08. The minimum Gasteiger partial charge on any atom is -0.480 e. The summed E-state index contributed by atoms with van der Waals surface area (Å²) in [5.74, 6) is 0.132. The molecule has 1 saturated heterocycles. The lowest BCUT2D eigenvalue weighted by Gasteiger charge is -2.18. The molecule has 0 spiro atoms. The van der Waals surface area contributed by atoms with Gasteiger partial charge in [0.15, 0.2) is 0 Å². The van der Waals surface area contributed by atoms with Crippen LogP contribution in [-0.2, 0) is 25.6 Å². The molecule has 5 N–H and O–H groups in total. The Morgan fingerprint density at radius 3 is 2.36 bits per heavy atom. The highest BCUT2D eigenvalue weighted by Crippen LogP contribution is 2.27. The summed E-state index contributed by atoms with van der Waals surface area (Å²) >= 11 is 0. The maximum Gasteiger partial charge on any atom is 0.490 e. The van der Waals surface area contributed by atoms with Crippen molar-refractivity contribution in [2.24, 2.45) is 16.9 Å². The number of hydrogen-bond donors (Lipinski definition) is 4. The summed E-state index contributed by atoms with van der Waals surface area (Å²) in [6.45, 7) is 0.498. The molecule has 2 amide bonds. The quantitative estimate of drug-likeness (QED) is 0.235. The standard InChI is InChI=1S/C20H22N4O5.C2HF3O2/c21-22-11-13-1-3-16(4-2-13)24-7-5-15(19(24)26)10-18(25)23-17(20(27)28)9-14-6-8-29-12-14;3-2(4,5)1(6)7/h1-4,6,8,11-12,15,17H,5,7,9-10,21H2,(H,23,25)(H,27,28);(H,6,7). The molecule has 0 saturated carbocycles. The van der Waals surface area contributed by atoms with Crippen LogP contribution < -0.4 is 16.1 Å². The molecule has 1 fully saturated rings. The Kier molecular flexibility index (Phi) is 9.58. The summed E-state index contributed by atoms with van der Waals surface area (Å²) < 4.78 is 36.7. The number of anilines is 1. The lowest BCUT2D eigenvalue weighted by Crippen LogP contribution is -2.43. The van der Waals surface area contributed by atoms with E-state index in [1.807, 2.05) is 0 Å². The van der Waals surface area contributed by atoms with Gasteiger partial charge in [-0.3, -0.25) is 9.59 Å². The van der Waals surface area contributed by atoms with Crippen LogP contribution in [0.5, 0.6) is 0 Å². The third-order valence-electron chi connectivity index (χ3n) is 5.07. The molecule has 1 aromatic carbocycles. The van der Waals surface area contributed by atoms with Crippen molar-refractivity contribution < 1.29 is 47.0 Å². The molecular formula is C22H23F3N4O7. The van der Waals surface area contributed by atoms with E-state index in [-0.39, 0.29) is 18.7 Å². The van der Waals surface area contributed by atoms with E-state index in [9.17, 15) is 32.7 Å². The molecule has 14 heteroatoms. The summed E-state index contributed by atoms with van der Waals surface area (Å²) in [6.07, 6.45) is -0.117. The van der Waals surface area contributed by atoms with Crippen LogP contribution in [0.1, 0.15) is 24.0 Å². The summed E-state index contributed by atoms with van der Waals surface area (Å²) in [5, 5.41) is 22.4. The molecule has 0 radical (unpaired) electrons. The van der Waals surface area contributed by atoms with Gasteiger partial charge in [0.25, 0.3) is 0 Å². The number of carbonyl (C=O) groups excluding carboxylic acids is 2. The van der Waals surface area contributed by atoms with Crippen LogP contribution in [0.15, 0.2) is 52.4 Å². The van der Waals surface area contributed by atoms with E-state index < -0.39 is 36.0 Å². The van der Waals surface area contributed by atoms with Crippen molar-refractivity contribution >= 4 is 35.7 Å². The maximum atomic E-state index is 12.7. The van der Waals surface area contributed by atoms with Crippen LogP contribution >= 0.6 is 0 Å². The molecule has 2 heterocycles. The fourth-order valence-corrected chi connectivity index (χ4v) is 3.33.